The molecule has 1 aliphatic rings. The van der Waals surface area contributed by atoms with Crippen LogP contribution in [0, 0.1) is 5.41 Å². The van der Waals surface area contributed by atoms with Gasteiger partial charge in [0.25, 0.3) is 0 Å². The van der Waals surface area contributed by atoms with Crippen LogP contribution in [0.4, 0.5) is 5.69 Å². The van der Waals surface area contributed by atoms with Crippen molar-refractivity contribution in [3.05, 3.63) is 12.4 Å². The molecule has 0 radical (unpaired) electrons. The molecule has 1 aromatic rings. The highest BCUT2D eigenvalue weighted by atomic mass is 127. The molecule has 0 unspecified atom stereocenters. The van der Waals surface area contributed by atoms with Crippen LogP contribution in [0.2, 0.25) is 0 Å². The number of rotatable bonds is 7. The zero-order chi connectivity index (χ0) is 19.2. The molecule has 9 heteroatoms. The van der Waals surface area contributed by atoms with Crippen molar-refractivity contribution in [3.63, 3.8) is 0 Å². The van der Waals surface area contributed by atoms with Crippen LogP contribution in [-0.2, 0) is 11.8 Å². The van der Waals surface area contributed by atoms with Crippen molar-refractivity contribution in [1.82, 2.24) is 20.0 Å². The molecule has 0 saturated carbocycles. The molecular weight excluding hydrogens is 459 g/mol. The molecule has 2 heterocycles. The topological polar surface area (TPSA) is 86.0 Å². The van der Waals surface area contributed by atoms with Gasteiger partial charge in [0, 0.05) is 38.3 Å². The number of aliphatic hydroxyl groups is 1. The van der Waals surface area contributed by atoms with E-state index in [2.05, 4.69) is 24.3 Å². The van der Waals surface area contributed by atoms with E-state index in [4.69, 9.17) is 4.99 Å². The number of piperazine rings is 1. The largest absolute Gasteiger partial charge is 0.396 e. The second-order valence-electron chi connectivity index (χ2n) is 6.87. The average molecular weight is 492 g/mol. The summed E-state index contributed by atoms with van der Waals surface area (Å²) in [4.78, 5) is 21.1. The second-order valence-corrected chi connectivity index (χ2v) is 6.87. The van der Waals surface area contributed by atoms with Gasteiger partial charge < -0.3 is 20.2 Å². The molecule has 2 rings (SSSR count). The molecule has 1 saturated heterocycles. The fourth-order valence-corrected chi connectivity index (χ4v) is 3.09. The first-order valence-corrected chi connectivity index (χ1v) is 9.41. The summed E-state index contributed by atoms with van der Waals surface area (Å²) in [7, 11) is 1.84. The molecular formula is C18H33IN6O2. The maximum Gasteiger partial charge on any atom is 0.246 e. The standard InChI is InChI=1S/C18H32N6O2.HI/c1-5-18(6-2,14-25)13-20-17(19-7-3)23-8-9-24(16(26)12-23)15-10-21-22(4)11-15;/h10-11,25H,5-9,12-14H2,1-4H3,(H,19,20);1H. The number of halogens is 1. The van der Waals surface area contributed by atoms with Gasteiger partial charge in [-0.05, 0) is 19.8 Å². The zero-order valence-corrected chi connectivity index (χ0v) is 19.1. The molecule has 0 aliphatic carbocycles. The smallest absolute Gasteiger partial charge is 0.246 e. The summed E-state index contributed by atoms with van der Waals surface area (Å²) in [5, 5.41) is 17.2. The van der Waals surface area contributed by atoms with Crippen LogP contribution >= 0.6 is 24.0 Å². The van der Waals surface area contributed by atoms with E-state index in [1.807, 2.05) is 25.1 Å². The van der Waals surface area contributed by atoms with Crippen molar-refractivity contribution >= 4 is 41.5 Å². The number of nitrogens with one attached hydrogen (secondary N) is 1. The first-order valence-electron chi connectivity index (χ1n) is 9.41. The lowest BCUT2D eigenvalue weighted by molar-refractivity contribution is -0.120. The molecule has 8 nitrogen and oxygen atoms in total. The van der Waals surface area contributed by atoms with Crippen molar-refractivity contribution < 1.29 is 9.90 Å². The summed E-state index contributed by atoms with van der Waals surface area (Å²) in [5.74, 6) is 0.778. The Morgan fingerprint density at radius 3 is 2.52 bits per heavy atom. The van der Waals surface area contributed by atoms with Crippen LogP contribution in [0.3, 0.4) is 0 Å². The number of aromatic nitrogens is 2. The third kappa shape index (κ3) is 5.81. The van der Waals surface area contributed by atoms with Gasteiger partial charge in [-0.15, -0.1) is 24.0 Å². The molecule has 0 bridgehead atoms. The van der Waals surface area contributed by atoms with Crippen molar-refractivity contribution in [1.29, 1.82) is 0 Å². The Kier molecular flexibility index (Phi) is 9.51. The minimum atomic E-state index is -0.192. The van der Waals surface area contributed by atoms with Gasteiger partial charge in [0.2, 0.25) is 5.91 Å². The van der Waals surface area contributed by atoms with Crippen LogP contribution in [0.15, 0.2) is 17.4 Å². The van der Waals surface area contributed by atoms with Crippen molar-refractivity contribution in [3.8, 4) is 0 Å². The first-order chi connectivity index (χ1) is 12.5. The third-order valence-corrected chi connectivity index (χ3v) is 5.26. The average Bonchev–Trinajstić information content (AvgIpc) is 3.08. The molecule has 0 spiro atoms. The molecule has 0 atom stereocenters. The summed E-state index contributed by atoms with van der Waals surface area (Å²) in [6.45, 7) is 9.18. The maximum atomic E-state index is 12.6. The Morgan fingerprint density at radius 2 is 2.04 bits per heavy atom. The fraction of sp³-hybridized carbons (Fsp3) is 0.722. The predicted molar refractivity (Wildman–Crippen MR) is 119 cm³/mol. The highest BCUT2D eigenvalue weighted by Crippen LogP contribution is 2.26. The number of aliphatic imine (C=N–C) groups is 1. The number of carbonyl (C=O) groups excluding carboxylic acids is 1. The van der Waals surface area contributed by atoms with Crippen molar-refractivity contribution in [2.24, 2.45) is 17.5 Å². The van der Waals surface area contributed by atoms with E-state index < -0.39 is 0 Å². The van der Waals surface area contributed by atoms with Gasteiger partial charge in [0.05, 0.1) is 25.0 Å². The summed E-state index contributed by atoms with van der Waals surface area (Å²) in [6.07, 6.45) is 5.31. The van der Waals surface area contributed by atoms with Crippen molar-refractivity contribution in [2.75, 3.05) is 44.2 Å². The number of hydrogen-bond acceptors (Lipinski definition) is 4. The van der Waals surface area contributed by atoms with E-state index in [0.717, 1.165) is 31.0 Å². The Bertz CT molecular complexity index is 621. The highest BCUT2D eigenvalue weighted by molar-refractivity contribution is 14.0. The van der Waals surface area contributed by atoms with Gasteiger partial charge in [-0.25, -0.2) is 0 Å². The number of hydrogen-bond donors (Lipinski definition) is 2. The number of anilines is 1. The lowest BCUT2D eigenvalue weighted by Gasteiger charge is -2.36. The normalized spacial score (nSPS) is 15.7. The van der Waals surface area contributed by atoms with Gasteiger partial charge in [-0.2, -0.15) is 5.10 Å². The minimum absolute atomic E-state index is 0. The SMILES string of the molecule is CCNC(=NCC(CC)(CC)CO)N1CCN(c2cnn(C)c2)C(=O)C1.I. The lowest BCUT2D eigenvalue weighted by atomic mass is 9.83. The first kappa shape index (κ1) is 23.7. The van der Waals surface area contributed by atoms with E-state index in [1.54, 1.807) is 15.8 Å². The molecule has 1 aromatic heterocycles. The summed E-state index contributed by atoms with van der Waals surface area (Å²) < 4.78 is 1.70. The molecule has 27 heavy (non-hydrogen) atoms. The summed E-state index contributed by atoms with van der Waals surface area (Å²) >= 11 is 0. The Hall–Kier alpha value is -1.36. The molecule has 1 amide bonds. The van der Waals surface area contributed by atoms with E-state index in [1.165, 1.54) is 0 Å². The number of nitrogens with zero attached hydrogens (tertiary/aromatic N) is 5. The fourth-order valence-electron chi connectivity index (χ4n) is 3.09. The van der Waals surface area contributed by atoms with Crippen LogP contribution in [0.25, 0.3) is 0 Å². The van der Waals surface area contributed by atoms with Crippen LogP contribution in [0.1, 0.15) is 33.6 Å². The van der Waals surface area contributed by atoms with Gasteiger partial charge in [0.15, 0.2) is 5.96 Å². The number of aliphatic hydroxyl groups excluding tert-OH is 1. The van der Waals surface area contributed by atoms with Gasteiger partial charge in [0.1, 0.15) is 6.54 Å². The van der Waals surface area contributed by atoms with E-state index >= 15 is 0 Å². The maximum absolute atomic E-state index is 12.6. The Morgan fingerprint density at radius 1 is 1.33 bits per heavy atom. The van der Waals surface area contributed by atoms with Crippen molar-refractivity contribution in [2.45, 2.75) is 33.6 Å². The molecule has 1 fully saturated rings. The highest BCUT2D eigenvalue weighted by Gasteiger charge is 2.29. The summed E-state index contributed by atoms with van der Waals surface area (Å²) in [6, 6.07) is 0. The van der Waals surface area contributed by atoms with E-state index in [-0.39, 0.29) is 48.5 Å². The summed E-state index contributed by atoms with van der Waals surface area (Å²) in [5.41, 5.74) is 0.637. The molecule has 0 aromatic carbocycles. The van der Waals surface area contributed by atoms with Crippen LogP contribution in [-0.4, -0.2) is 71.0 Å². The number of aryl methyl sites for hydroxylation is 1. The molecule has 154 valence electrons. The lowest BCUT2D eigenvalue weighted by Crippen LogP contribution is -2.55. The van der Waals surface area contributed by atoms with Gasteiger partial charge in [-0.1, -0.05) is 13.8 Å². The van der Waals surface area contributed by atoms with Crippen LogP contribution < -0.4 is 10.2 Å². The number of guanidine groups is 1. The Labute approximate surface area is 179 Å². The van der Waals surface area contributed by atoms with Gasteiger partial charge >= 0.3 is 0 Å². The zero-order valence-electron chi connectivity index (χ0n) is 16.8. The Balaban J connectivity index is 0.00000364. The van der Waals surface area contributed by atoms with Crippen LogP contribution in [0.5, 0.6) is 0 Å². The monoisotopic (exact) mass is 492 g/mol. The molecule has 1 aliphatic heterocycles. The van der Waals surface area contributed by atoms with Gasteiger partial charge in [-0.3, -0.25) is 14.5 Å². The second kappa shape index (κ2) is 10.8. The quantitative estimate of drug-likeness (QED) is 0.342. The third-order valence-electron chi connectivity index (χ3n) is 5.26. The predicted octanol–water partition coefficient (Wildman–Crippen LogP) is 1.45. The van der Waals surface area contributed by atoms with E-state index in [0.29, 0.717) is 19.6 Å². The minimum Gasteiger partial charge on any atom is -0.396 e. The molecule has 2 N–H and O–H groups in total. The number of amides is 1. The van der Waals surface area contributed by atoms with E-state index in [9.17, 15) is 9.90 Å². The number of carbonyl (C=O) groups is 1.